The molecule has 1 aromatic carbocycles. The van der Waals surface area contributed by atoms with Crippen molar-refractivity contribution in [2.45, 2.75) is 40.0 Å². The molecule has 1 radical (unpaired) electrons. The smallest absolute Gasteiger partial charge is 0.121 e. The third kappa shape index (κ3) is 2.09. The first kappa shape index (κ1) is 11.1. The molecule has 14 heavy (non-hydrogen) atoms. The number of rotatable bonds is 3. The fourth-order valence-electron chi connectivity index (χ4n) is 1.73. The summed E-state index contributed by atoms with van der Waals surface area (Å²) in [7, 11) is 0. The van der Waals surface area contributed by atoms with E-state index in [0.717, 1.165) is 30.4 Å². The zero-order chi connectivity index (χ0) is 10.7. The Balaban J connectivity index is 3.06. The van der Waals surface area contributed by atoms with Gasteiger partial charge in [-0.25, -0.2) is 0 Å². The topological polar surface area (TPSA) is 20.2 Å². The molecule has 0 spiro atoms. The Kier molecular flexibility index (Phi) is 3.56. The summed E-state index contributed by atoms with van der Waals surface area (Å²) in [5.41, 5.74) is 4.57. The lowest BCUT2D eigenvalue weighted by atomic mass is 9.95. The zero-order valence-corrected chi connectivity index (χ0v) is 9.35. The molecule has 0 saturated heterocycles. The van der Waals surface area contributed by atoms with Crippen molar-refractivity contribution in [2.75, 3.05) is 0 Å². The Labute approximate surface area is 86.8 Å². The van der Waals surface area contributed by atoms with E-state index in [1.165, 1.54) is 11.1 Å². The van der Waals surface area contributed by atoms with Gasteiger partial charge in [0, 0.05) is 0 Å². The first-order valence-electron chi connectivity index (χ1n) is 5.15. The van der Waals surface area contributed by atoms with Gasteiger partial charge in [-0.05, 0) is 55.9 Å². The second-order valence-electron chi connectivity index (χ2n) is 3.91. The molecule has 0 aliphatic carbocycles. The summed E-state index contributed by atoms with van der Waals surface area (Å²) in [6.07, 6.45) is 3.15. The van der Waals surface area contributed by atoms with Crippen molar-refractivity contribution in [2.24, 2.45) is 0 Å². The molecule has 0 amide bonds. The highest BCUT2D eigenvalue weighted by atomic mass is 16.3. The van der Waals surface area contributed by atoms with Gasteiger partial charge in [0.2, 0.25) is 0 Å². The number of aryl methyl sites for hydroxylation is 2. The van der Waals surface area contributed by atoms with Crippen LogP contribution in [0.3, 0.4) is 0 Å². The molecule has 0 unspecified atom stereocenters. The zero-order valence-electron chi connectivity index (χ0n) is 9.35. The third-order valence-corrected chi connectivity index (χ3v) is 2.86. The van der Waals surface area contributed by atoms with Crippen LogP contribution in [0.2, 0.25) is 0 Å². The molecule has 1 aromatic rings. The molecule has 0 saturated carbocycles. The monoisotopic (exact) mass is 191 g/mol. The lowest BCUT2D eigenvalue weighted by Gasteiger charge is -2.12. The van der Waals surface area contributed by atoms with Gasteiger partial charge in [0.05, 0.1) is 0 Å². The number of benzene rings is 1. The predicted molar refractivity (Wildman–Crippen MR) is 60.6 cm³/mol. The van der Waals surface area contributed by atoms with Crippen LogP contribution in [0.15, 0.2) is 6.07 Å². The van der Waals surface area contributed by atoms with Crippen LogP contribution >= 0.6 is 0 Å². The highest BCUT2D eigenvalue weighted by Crippen LogP contribution is 2.28. The van der Waals surface area contributed by atoms with Crippen LogP contribution in [0, 0.1) is 27.7 Å². The maximum atomic E-state index is 9.72. The average molecular weight is 191 g/mol. The highest BCUT2D eigenvalue weighted by Gasteiger charge is 2.08. The summed E-state index contributed by atoms with van der Waals surface area (Å²) >= 11 is 0. The summed E-state index contributed by atoms with van der Waals surface area (Å²) in [5.74, 6) is 0.445. The molecule has 0 aliphatic rings. The van der Waals surface area contributed by atoms with E-state index in [4.69, 9.17) is 0 Å². The molecule has 1 N–H and O–H groups in total. The van der Waals surface area contributed by atoms with Crippen LogP contribution in [0.1, 0.15) is 35.1 Å². The van der Waals surface area contributed by atoms with Crippen LogP contribution in [0.5, 0.6) is 5.75 Å². The maximum absolute atomic E-state index is 9.72. The van der Waals surface area contributed by atoms with E-state index in [0.29, 0.717) is 5.75 Å². The van der Waals surface area contributed by atoms with E-state index >= 15 is 0 Å². The van der Waals surface area contributed by atoms with Crippen molar-refractivity contribution in [3.05, 3.63) is 35.2 Å². The number of hydrogen-bond donors (Lipinski definition) is 1. The van der Waals surface area contributed by atoms with Crippen molar-refractivity contribution < 1.29 is 5.11 Å². The molecule has 0 aliphatic heterocycles. The van der Waals surface area contributed by atoms with Gasteiger partial charge < -0.3 is 5.11 Å². The van der Waals surface area contributed by atoms with E-state index in [2.05, 4.69) is 19.9 Å². The normalized spacial score (nSPS) is 10.6. The summed E-state index contributed by atoms with van der Waals surface area (Å²) in [6, 6.07) is 2.09. The number of phenols is 1. The van der Waals surface area contributed by atoms with Gasteiger partial charge in [-0.15, -0.1) is 0 Å². The first-order chi connectivity index (χ1) is 6.57. The van der Waals surface area contributed by atoms with Crippen molar-refractivity contribution >= 4 is 0 Å². The minimum Gasteiger partial charge on any atom is -0.507 e. The third-order valence-electron chi connectivity index (χ3n) is 2.86. The number of aromatic hydroxyl groups is 1. The predicted octanol–water partition coefficient (Wildman–Crippen LogP) is 3.47. The molecule has 1 nitrogen and oxygen atoms in total. The van der Waals surface area contributed by atoms with Crippen molar-refractivity contribution in [1.82, 2.24) is 0 Å². The second kappa shape index (κ2) is 4.50. The largest absolute Gasteiger partial charge is 0.507 e. The molecule has 0 aromatic heterocycles. The Morgan fingerprint density at radius 2 is 1.86 bits per heavy atom. The van der Waals surface area contributed by atoms with Gasteiger partial charge in [-0.1, -0.05) is 19.4 Å². The molecule has 1 rings (SSSR count). The standard InChI is InChI=1S/C13H19O/c1-5-6-7-12-8-9(2)13(14)11(4)10(12)3/h8,14H,1,5-7H2,2-4H3. The quantitative estimate of drug-likeness (QED) is 0.775. The summed E-state index contributed by atoms with van der Waals surface area (Å²) < 4.78 is 0. The Bertz CT molecular complexity index is 326. The molecule has 0 fully saturated rings. The van der Waals surface area contributed by atoms with E-state index in [1.54, 1.807) is 0 Å². The molecule has 0 heterocycles. The lowest BCUT2D eigenvalue weighted by molar-refractivity contribution is 0.466. The van der Waals surface area contributed by atoms with E-state index in [9.17, 15) is 5.11 Å². The van der Waals surface area contributed by atoms with Crippen LogP contribution in [-0.4, -0.2) is 5.11 Å². The van der Waals surface area contributed by atoms with Gasteiger partial charge >= 0.3 is 0 Å². The second-order valence-corrected chi connectivity index (χ2v) is 3.91. The van der Waals surface area contributed by atoms with Crippen LogP contribution in [0.4, 0.5) is 0 Å². The maximum Gasteiger partial charge on any atom is 0.121 e. The number of phenolic OH excluding ortho intramolecular Hbond substituents is 1. The SMILES string of the molecule is [CH2]CCCc1cc(C)c(O)c(C)c1C. The van der Waals surface area contributed by atoms with Crippen molar-refractivity contribution in [3.63, 3.8) is 0 Å². The van der Waals surface area contributed by atoms with Gasteiger partial charge in [0.1, 0.15) is 5.75 Å². The molecular weight excluding hydrogens is 172 g/mol. The minimum atomic E-state index is 0.445. The van der Waals surface area contributed by atoms with Gasteiger partial charge in [0.25, 0.3) is 0 Å². The lowest BCUT2D eigenvalue weighted by Crippen LogP contribution is -1.95. The fraction of sp³-hybridized carbons (Fsp3) is 0.462. The molecule has 77 valence electrons. The highest BCUT2D eigenvalue weighted by molar-refractivity contribution is 5.48. The summed E-state index contributed by atoms with van der Waals surface area (Å²) in [6.45, 7) is 9.85. The Morgan fingerprint density at radius 3 is 2.43 bits per heavy atom. The molecule has 0 bridgehead atoms. The Morgan fingerprint density at radius 1 is 1.21 bits per heavy atom. The summed E-state index contributed by atoms with van der Waals surface area (Å²) in [4.78, 5) is 0. The van der Waals surface area contributed by atoms with Gasteiger partial charge in [-0.3, -0.25) is 0 Å². The van der Waals surface area contributed by atoms with E-state index in [1.807, 2.05) is 13.8 Å². The van der Waals surface area contributed by atoms with Gasteiger partial charge in [0.15, 0.2) is 0 Å². The van der Waals surface area contributed by atoms with Crippen LogP contribution in [-0.2, 0) is 6.42 Å². The molecule has 0 atom stereocenters. The summed E-state index contributed by atoms with van der Waals surface area (Å²) in [5, 5.41) is 9.72. The first-order valence-corrected chi connectivity index (χ1v) is 5.15. The average Bonchev–Trinajstić information content (AvgIpc) is 2.18. The van der Waals surface area contributed by atoms with Crippen molar-refractivity contribution in [1.29, 1.82) is 0 Å². The molecule has 1 heteroatoms. The number of unbranched alkanes of at least 4 members (excludes halogenated alkanes) is 1. The molecular formula is C13H19O. The van der Waals surface area contributed by atoms with E-state index in [-0.39, 0.29) is 0 Å². The van der Waals surface area contributed by atoms with E-state index < -0.39 is 0 Å². The van der Waals surface area contributed by atoms with Crippen LogP contribution in [0.25, 0.3) is 0 Å². The Hall–Kier alpha value is -0.980. The van der Waals surface area contributed by atoms with Gasteiger partial charge in [-0.2, -0.15) is 0 Å². The minimum absolute atomic E-state index is 0.445. The fourth-order valence-corrected chi connectivity index (χ4v) is 1.73. The number of hydrogen-bond acceptors (Lipinski definition) is 1. The van der Waals surface area contributed by atoms with Crippen molar-refractivity contribution in [3.8, 4) is 5.75 Å². The van der Waals surface area contributed by atoms with Crippen LogP contribution < -0.4 is 0 Å².